The van der Waals surface area contributed by atoms with E-state index in [1.807, 2.05) is 43.3 Å². The summed E-state index contributed by atoms with van der Waals surface area (Å²) in [4.78, 5) is 6.68. The molecule has 1 aliphatic rings. The number of piperidine rings is 1. The lowest BCUT2D eigenvalue weighted by molar-refractivity contribution is 0.170. The fourth-order valence-corrected chi connectivity index (χ4v) is 4.41. The number of hydrogen-bond donors (Lipinski definition) is 0. The first-order valence-corrected chi connectivity index (χ1v) is 13.4. The molecule has 0 N–H and O–H groups in total. The highest BCUT2D eigenvalue weighted by atomic mass is 35.5. The van der Waals surface area contributed by atoms with Crippen LogP contribution in [-0.2, 0) is 9.84 Å². The first kappa shape index (κ1) is 24.2. The van der Waals surface area contributed by atoms with Gasteiger partial charge in [-0.2, -0.15) is 0 Å². The van der Waals surface area contributed by atoms with E-state index in [2.05, 4.69) is 9.88 Å². The van der Waals surface area contributed by atoms with E-state index in [0.29, 0.717) is 42.0 Å². The molecule has 34 heavy (non-hydrogen) atoms. The predicted octanol–water partition coefficient (Wildman–Crippen LogP) is 5.38. The van der Waals surface area contributed by atoms with Crippen molar-refractivity contribution in [3.05, 3.63) is 65.8 Å². The van der Waals surface area contributed by atoms with E-state index in [1.54, 1.807) is 12.1 Å². The fraction of sp³-hybridized carbons (Fsp3) is 0.320. The van der Waals surface area contributed by atoms with E-state index in [9.17, 15) is 8.42 Å². The third-order valence-electron chi connectivity index (χ3n) is 5.46. The maximum atomic E-state index is 12.1. The molecule has 0 saturated carbocycles. The van der Waals surface area contributed by atoms with E-state index in [0.717, 1.165) is 30.6 Å². The zero-order chi connectivity index (χ0) is 24.1. The maximum Gasteiger partial charge on any atom is 0.177 e. The molecule has 0 unspecified atom stereocenters. The average molecular weight is 503 g/mol. The van der Waals surface area contributed by atoms with Crippen molar-refractivity contribution in [1.29, 1.82) is 0 Å². The number of aromatic nitrogens is 1. The van der Waals surface area contributed by atoms with E-state index in [1.165, 1.54) is 12.3 Å². The number of anilines is 1. The molecule has 0 spiro atoms. The molecule has 1 aliphatic heterocycles. The Labute approximate surface area is 205 Å². The minimum absolute atomic E-state index is 0.0724. The van der Waals surface area contributed by atoms with Crippen LogP contribution in [0.1, 0.15) is 19.8 Å². The van der Waals surface area contributed by atoms with Crippen molar-refractivity contribution in [3.8, 4) is 23.0 Å². The Kier molecular flexibility index (Phi) is 7.48. The highest BCUT2D eigenvalue weighted by molar-refractivity contribution is 7.90. The van der Waals surface area contributed by atoms with Gasteiger partial charge in [-0.1, -0.05) is 11.6 Å². The zero-order valence-corrected chi connectivity index (χ0v) is 20.7. The predicted molar refractivity (Wildman–Crippen MR) is 132 cm³/mol. The molecular formula is C25H27ClN2O5S. The summed E-state index contributed by atoms with van der Waals surface area (Å²) in [6, 6.07) is 16.1. The summed E-state index contributed by atoms with van der Waals surface area (Å²) in [5.74, 6) is 3.09. The van der Waals surface area contributed by atoms with Crippen LogP contribution >= 0.6 is 11.6 Å². The largest absolute Gasteiger partial charge is 0.494 e. The monoisotopic (exact) mass is 502 g/mol. The molecule has 180 valence electrons. The molecule has 4 rings (SSSR count). The van der Waals surface area contributed by atoms with Gasteiger partial charge >= 0.3 is 0 Å². The van der Waals surface area contributed by atoms with Crippen LogP contribution in [0.5, 0.6) is 23.0 Å². The third kappa shape index (κ3) is 6.12. The van der Waals surface area contributed by atoms with E-state index in [4.69, 9.17) is 25.8 Å². The van der Waals surface area contributed by atoms with Crippen LogP contribution in [0, 0.1) is 0 Å². The molecule has 0 radical (unpaired) electrons. The smallest absolute Gasteiger partial charge is 0.177 e. The van der Waals surface area contributed by atoms with Gasteiger partial charge in [-0.25, -0.2) is 13.4 Å². The Balaban J connectivity index is 1.51. The molecule has 0 aliphatic carbocycles. The maximum absolute atomic E-state index is 12.1. The minimum Gasteiger partial charge on any atom is -0.494 e. The molecule has 1 saturated heterocycles. The number of pyridine rings is 1. The van der Waals surface area contributed by atoms with Crippen molar-refractivity contribution < 1.29 is 22.6 Å². The molecular weight excluding hydrogens is 476 g/mol. The Bertz CT molecular complexity index is 1210. The van der Waals surface area contributed by atoms with Gasteiger partial charge in [0.2, 0.25) is 0 Å². The Morgan fingerprint density at radius 1 is 1.00 bits per heavy atom. The second-order valence-corrected chi connectivity index (χ2v) is 10.5. The number of sulfone groups is 1. The van der Waals surface area contributed by atoms with Crippen LogP contribution in [0.4, 0.5) is 5.82 Å². The topological polar surface area (TPSA) is 78.0 Å². The molecule has 3 aromatic rings. The minimum atomic E-state index is -3.44. The van der Waals surface area contributed by atoms with Crippen LogP contribution in [0.2, 0.25) is 5.02 Å². The summed E-state index contributed by atoms with van der Waals surface area (Å²) in [6.07, 6.45) is 4.19. The highest BCUT2D eigenvalue weighted by Gasteiger charge is 2.25. The summed E-state index contributed by atoms with van der Waals surface area (Å²) in [7, 11) is -3.44. The first-order chi connectivity index (χ1) is 16.3. The average Bonchev–Trinajstić information content (AvgIpc) is 2.82. The molecule has 2 heterocycles. The van der Waals surface area contributed by atoms with Gasteiger partial charge < -0.3 is 19.1 Å². The van der Waals surface area contributed by atoms with Crippen LogP contribution in [-0.4, -0.2) is 45.5 Å². The van der Waals surface area contributed by atoms with E-state index < -0.39 is 9.84 Å². The van der Waals surface area contributed by atoms with Crippen molar-refractivity contribution in [1.82, 2.24) is 4.98 Å². The summed E-state index contributed by atoms with van der Waals surface area (Å²) < 4.78 is 41.9. The third-order valence-corrected chi connectivity index (χ3v) is 6.79. The van der Waals surface area contributed by atoms with Gasteiger partial charge in [0, 0.05) is 49.5 Å². The Morgan fingerprint density at radius 3 is 2.24 bits per heavy atom. The highest BCUT2D eigenvalue weighted by Crippen LogP contribution is 2.35. The lowest BCUT2D eigenvalue weighted by Gasteiger charge is -2.33. The lowest BCUT2D eigenvalue weighted by atomic mass is 10.1. The summed E-state index contributed by atoms with van der Waals surface area (Å²) in [5, 5.41) is 0.672. The van der Waals surface area contributed by atoms with Crippen LogP contribution in [0.25, 0.3) is 0 Å². The van der Waals surface area contributed by atoms with Gasteiger partial charge in [-0.3, -0.25) is 0 Å². The van der Waals surface area contributed by atoms with Gasteiger partial charge in [-0.05, 0) is 55.5 Å². The second-order valence-electron chi connectivity index (χ2n) is 8.03. The number of ether oxygens (including phenoxy) is 3. The van der Waals surface area contributed by atoms with Gasteiger partial charge in [0.1, 0.15) is 23.4 Å². The molecule has 9 heteroatoms. The van der Waals surface area contributed by atoms with Crippen molar-refractivity contribution >= 4 is 27.3 Å². The molecule has 2 aromatic carbocycles. The molecule has 0 bridgehead atoms. The SMILES string of the molecule is CCOc1ccc(Oc2cc(S(C)(=O)=O)cnc2N2CCC(Oc3ccc(Cl)cc3)CC2)cc1. The number of rotatable bonds is 8. The summed E-state index contributed by atoms with van der Waals surface area (Å²) >= 11 is 5.95. The van der Waals surface area contributed by atoms with Gasteiger partial charge in [-0.15, -0.1) is 0 Å². The quantitative estimate of drug-likeness (QED) is 0.409. The number of nitrogens with zero attached hydrogens (tertiary/aromatic N) is 2. The van der Waals surface area contributed by atoms with Gasteiger partial charge in [0.25, 0.3) is 0 Å². The second kappa shape index (κ2) is 10.5. The Hall–Kier alpha value is -2.97. The normalized spacial score (nSPS) is 14.6. The Morgan fingerprint density at radius 2 is 1.62 bits per heavy atom. The van der Waals surface area contributed by atoms with Crippen molar-refractivity contribution in [2.75, 3.05) is 30.9 Å². The van der Waals surface area contributed by atoms with Gasteiger partial charge in [0.15, 0.2) is 21.4 Å². The standard InChI is InChI=1S/C25H27ClN2O5S/c1-3-31-19-8-10-21(11-9-19)33-24-16-23(34(2,29)30)17-27-25(24)28-14-12-22(13-15-28)32-20-6-4-18(26)5-7-20/h4-11,16-17,22H,3,12-15H2,1-2H3. The van der Waals surface area contributed by atoms with Crippen molar-refractivity contribution in [2.24, 2.45) is 0 Å². The van der Waals surface area contributed by atoms with Crippen molar-refractivity contribution in [3.63, 3.8) is 0 Å². The molecule has 0 amide bonds. The van der Waals surface area contributed by atoms with Crippen LogP contribution in [0.15, 0.2) is 65.7 Å². The molecule has 1 fully saturated rings. The number of halogens is 1. The van der Waals surface area contributed by atoms with Crippen molar-refractivity contribution in [2.45, 2.75) is 30.8 Å². The van der Waals surface area contributed by atoms with Gasteiger partial charge in [0.05, 0.1) is 11.5 Å². The summed E-state index contributed by atoms with van der Waals surface area (Å²) in [6.45, 7) is 3.89. The van der Waals surface area contributed by atoms with Crippen LogP contribution in [0.3, 0.4) is 0 Å². The molecule has 0 atom stereocenters. The zero-order valence-electron chi connectivity index (χ0n) is 19.1. The number of benzene rings is 2. The summed E-state index contributed by atoms with van der Waals surface area (Å²) in [5.41, 5.74) is 0. The van der Waals surface area contributed by atoms with E-state index in [-0.39, 0.29) is 11.0 Å². The molecule has 1 aromatic heterocycles. The fourth-order valence-electron chi connectivity index (χ4n) is 3.72. The number of hydrogen-bond acceptors (Lipinski definition) is 7. The lowest BCUT2D eigenvalue weighted by Crippen LogP contribution is -2.38. The van der Waals surface area contributed by atoms with Crippen LogP contribution < -0.4 is 19.1 Å². The first-order valence-electron chi connectivity index (χ1n) is 11.1. The van der Waals surface area contributed by atoms with E-state index >= 15 is 0 Å². The molecule has 7 nitrogen and oxygen atoms in total.